The summed E-state index contributed by atoms with van der Waals surface area (Å²) in [7, 11) is 0. The number of carboxylic acid groups (broad SMARTS) is 1. The van der Waals surface area contributed by atoms with Gasteiger partial charge in [0.2, 0.25) is 0 Å². The second-order valence-corrected chi connectivity index (χ2v) is 3.49. The summed E-state index contributed by atoms with van der Waals surface area (Å²) in [5.41, 5.74) is 2.01. The molecule has 1 N–H and O–H groups in total. The van der Waals surface area contributed by atoms with Gasteiger partial charge in [-0.3, -0.25) is 0 Å². The van der Waals surface area contributed by atoms with Gasteiger partial charge in [0.1, 0.15) is 0 Å². The molecule has 0 saturated carbocycles. The van der Waals surface area contributed by atoms with Crippen molar-refractivity contribution >= 4 is 23.1 Å². The minimum Gasteiger partial charge on any atom is -0.478 e. The number of hydrogen-bond donors (Lipinski definition) is 1. The van der Waals surface area contributed by atoms with Crippen molar-refractivity contribution in [2.75, 3.05) is 0 Å². The molecule has 0 aliphatic rings. The van der Waals surface area contributed by atoms with Crippen LogP contribution < -0.4 is 0 Å². The molecule has 0 amide bonds. The van der Waals surface area contributed by atoms with Crippen LogP contribution in [0.5, 0.6) is 0 Å². The Balaban J connectivity index is 2.80. The molecule has 2 nitrogen and oxygen atoms in total. The molecule has 1 rings (SSSR count). The van der Waals surface area contributed by atoms with Gasteiger partial charge in [0.25, 0.3) is 0 Å². The molecule has 0 aromatic heterocycles. The second-order valence-electron chi connectivity index (χ2n) is 3.05. The molecule has 78 valence electrons. The molecule has 0 atom stereocenters. The summed E-state index contributed by atoms with van der Waals surface area (Å²) in [6.45, 7) is 1.91. The summed E-state index contributed by atoms with van der Waals surface area (Å²) in [6.07, 6.45) is 4.35. The summed E-state index contributed by atoms with van der Waals surface area (Å²) in [5.74, 6) is -0.949. The fourth-order valence-electron chi connectivity index (χ4n) is 1.08. The molecule has 0 fully saturated rings. The second kappa shape index (κ2) is 5.37. The molecule has 0 spiro atoms. The highest BCUT2D eigenvalue weighted by atomic mass is 35.5. The Morgan fingerprint density at radius 3 is 2.47 bits per heavy atom. The number of benzene rings is 1. The molecule has 1 aromatic rings. The average Bonchev–Trinajstić information content (AvgIpc) is 2.18. The van der Waals surface area contributed by atoms with E-state index in [9.17, 15) is 4.79 Å². The van der Waals surface area contributed by atoms with Crippen molar-refractivity contribution in [1.29, 1.82) is 0 Å². The lowest BCUT2D eigenvalue weighted by molar-refractivity contribution is -0.131. The molecule has 0 aliphatic carbocycles. The molecular weight excluding hydrogens is 212 g/mol. The summed E-state index contributed by atoms with van der Waals surface area (Å²) in [6, 6.07) is 7.38. The molecule has 0 aliphatic heterocycles. The zero-order valence-electron chi connectivity index (χ0n) is 8.27. The smallest absolute Gasteiger partial charge is 0.328 e. The standard InChI is InChI=1S/C12H11ClO2/c1-9(3-2-4-12(14)15)10-5-7-11(13)8-6-10/h2-8H,1H3,(H,14,15). The molecule has 3 heteroatoms. The van der Waals surface area contributed by atoms with Gasteiger partial charge in [-0.25, -0.2) is 4.79 Å². The van der Waals surface area contributed by atoms with E-state index < -0.39 is 5.97 Å². The van der Waals surface area contributed by atoms with Crippen molar-refractivity contribution in [1.82, 2.24) is 0 Å². The zero-order chi connectivity index (χ0) is 11.3. The quantitative estimate of drug-likeness (QED) is 0.629. The van der Waals surface area contributed by atoms with Crippen molar-refractivity contribution in [2.45, 2.75) is 6.92 Å². The first kappa shape index (κ1) is 11.5. The summed E-state index contributed by atoms with van der Waals surface area (Å²) in [5, 5.41) is 9.09. The number of aliphatic carboxylic acids is 1. The Bertz CT molecular complexity index is 402. The van der Waals surface area contributed by atoms with Crippen LogP contribution in [0.15, 0.2) is 42.5 Å². The first-order chi connectivity index (χ1) is 7.09. The van der Waals surface area contributed by atoms with Crippen LogP contribution in [0.25, 0.3) is 5.57 Å². The lowest BCUT2D eigenvalue weighted by Crippen LogP contribution is -1.85. The molecule has 0 saturated heterocycles. The third-order valence-corrected chi connectivity index (χ3v) is 2.14. The molecule has 1 aromatic carbocycles. The van der Waals surface area contributed by atoms with Crippen LogP contribution in [0.4, 0.5) is 0 Å². The van der Waals surface area contributed by atoms with Crippen LogP contribution in [0.2, 0.25) is 5.02 Å². The van der Waals surface area contributed by atoms with Gasteiger partial charge in [-0.15, -0.1) is 0 Å². The Labute approximate surface area is 93.5 Å². The lowest BCUT2D eigenvalue weighted by Gasteiger charge is -1.99. The third-order valence-electron chi connectivity index (χ3n) is 1.88. The summed E-state index contributed by atoms with van der Waals surface area (Å²) in [4.78, 5) is 10.2. The highest BCUT2D eigenvalue weighted by Crippen LogP contribution is 2.16. The van der Waals surface area contributed by atoms with Gasteiger partial charge < -0.3 is 5.11 Å². The Morgan fingerprint density at radius 2 is 1.93 bits per heavy atom. The first-order valence-corrected chi connectivity index (χ1v) is 4.81. The molecule has 0 heterocycles. The minimum absolute atomic E-state index is 0.688. The number of halogens is 1. The van der Waals surface area contributed by atoms with E-state index in [0.717, 1.165) is 17.2 Å². The Morgan fingerprint density at radius 1 is 1.33 bits per heavy atom. The highest BCUT2D eigenvalue weighted by Gasteiger charge is 1.94. The zero-order valence-corrected chi connectivity index (χ0v) is 9.03. The van der Waals surface area contributed by atoms with Gasteiger partial charge in [-0.05, 0) is 30.2 Å². The van der Waals surface area contributed by atoms with Gasteiger partial charge in [0, 0.05) is 11.1 Å². The van der Waals surface area contributed by atoms with E-state index >= 15 is 0 Å². The van der Waals surface area contributed by atoms with Crippen LogP contribution in [0.1, 0.15) is 12.5 Å². The maximum atomic E-state index is 10.2. The van der Waals surface area contributed by atoms with Crippen LogP contribution in [-0.2, 0) is 4.79 Å². The van der Waals surface area contributed by atoms with E-state index in [0.29, 0.717) is 5.02 Å². The number of carbonyl (C=O) groups is 1. The monoisotopic (exact) mass is 222 g/mol. The van der Waals surface area contributed by atoms with Crippen molar-refractivity contribution in [3.05, 3.63) is 53.1 Å². The minimum atomic E-state index is -0.949. The third kappa shape index (κ3) is 4.00. The van der Waals surface area contributed by atoms with Crippen LogP contribution >= 0.6 is 11.6 Å². The topological polar surface area (TPSA) is 37.3 Å². The van der Waals surface area contributed by atoms with Crippen LogP contribution in [-0.4, -0.2) is 11.1 Å². The van der Waals surface area contributed by atoms with E-state index in [1.54, 1.807) is 18.2 Å². The van der Waals surface area contributed by atoms with Crippen LogP contribution in [0, 0.1) is 0 Å². The van der Waals surface area contributed by atoms with Crippen molar-refractivity contribution in [3.8, 4) is 0 Å². The fourth-order valence-corrected chi connectivity index (χ4v) is 1.21. The van der Waals surface area contributed by atoms with Crippen LogP contribution in [0.3, 0.4) is 0 Å². The van der Waals surface area contributed by atoms with Crippen molar-refractivity contribution in [3.63, 3.8) is 0 Å². The van der Waals surface area contributed by atoms with Gasteiger partial charge >= 0.3 is 5.97 Å². The molecule has 0 bridgehead atoms. The number of hydrogen-bond acceptors (Lipinski definition) is 1. The number of carboxylic acids is 1. The van der Waals surface area contributed by atoms with E-state index in [1.807, 2.05) is 19.1 Å². The largest absolute Gasteiger partial charge is 0.478 e. The van der Waals surface area contributed by atoms with Gasteiger partial charge in [0.05, 0.1) is 0 Å². The number of rotatable bonds is 3. The molecular formula is C12H11ClO2. The number of allylic oxidation sites excluding steroid dienone is 3. The van der Waals surface area contributed by atoms with Crippen molar-refractivity contribution in [2.24, 2.45) is 0 Å². The average molecular weight is 223 g/mol. The normalized spacial score (nSPS) is 12.0. The van der Waals surface area contributed by atoms with E-state index in [-0.39, 0.29) is 0 Å². The Kier molecular flexibility index (Phi) is 4.13. The molecule has 0 radical (unpaired) electrons. The maximum Gasteiger partial charge on any atom is 0.328 e. The van der Waals surface area contributed by atoms with Crippen molar-refractivity contribution < 1.29 is 9.90 Å². The lowest BCUT2D eigenvalue weighted by atomic mass is 10.1. The molecule has 0 unspecified atom stereocenters. The predicted molar refractivity (Wildman–Crippen MR) is 61.9 cm³/mol. The van der Waals surface area contributed by atoms with Gasteiger partial charge in [0.15, 0.2) is 0 Å². The van der Waals surface area contributed by atoms with Gasteiger partial charge in [-0.2, -0.15) is 0 Å². The van der Waals surface area contributed by atoms with E-state index in [2.05, 4.69) is 0 Å². The molecule has 15 heavy (non-hydrogen) atoms. The van der Waals surface area contributed by atoms with Gasteiger partial charge in [-0.1, -0.05) is 35.9 Å². The van der Waals surface area contributed by atoms with E-state index in [4.69, 9.17) is 16.7 Å². The van der Waals surface area contributed by atoms with E-state index in [1.165, 1.54) is 6.08 Å². The Hall–Kier alpha value is -1.54. The predicted octanol–water partition coefficient (Wildman–Crippen LogP) is 3.38. The highest BCUT2D eigenvalue weighted by molar-refractivity contribution is 6.30. The summed E-state index contributed by atoms with van der Waals surface area (Å²) < 4.78 is 0. The maximum absolute atomic E-state index is 10.2. The first-order valence-electron chi connectivity index (χ1n) is 4.43. The SMILES string of the molecule is CC(=CC=CC(=O)O)c1ccc(Cl)cc1. The summed E-state index contributed by atoms with van der Waals surface area (Å²) >= 11 is 5.75. The fraction of sp³-hybridized carbons (Fsp3) is 0.0833.